The maximum atomic E-state index is 14.8. The van der Waals surface area contributed by atoms with Gasteiger partial charge in [-0.1, -0.05) is 32.6 Å². The van der Waals surface area contributed by atoms with Crippen LogP contribution in [0.2, 0.25) is 0 Å². The van der Waals surface area contributed by atoms with Crippen LogP contribution in [0.5, 0.6) is 5.75 Å². The van der Waals surface area contributed by atoms with Crippen LogP contribution in [0.15, 0.2) is 0 Å². The summed E-state index contributed by atoms with van der Waals surface area (Å²) in [6.45, 7) is 2.18. The average Bonchev–Trinajstić information content (AvgIpc) is 2.67. The van der Waals surface area contributed by atoms with E-state index in [1.54, 1.807) is 0 Å². The fourth-order valence-electron chi connectivity index (χ4n) is 4.90. The minimum absolute atomic E-state index is 0.00206. The lowest BCUT2D eigenvalue weighted by Gasteiger charge is -2.37. The summed E-state index contributed by atoms with van der Waals surface area (Å²) in [7, 11) is 1.47. The van der Waals surface area contributed by atoms with Crippen molar-refractivity contribution in [2.75, 3.05) is 13.9 Å². The summed E-state index contributed by atoms with van der Waals surface area (Å²) in [6.07, 6.45) is 10.3. The third kappa shape index (κ3) is 4.18. The number of fused-ring (bicyclic) bond motifs is 1. The third-order valence-electron chi connectivity index (χ3n) is 6.29. The lowest BCUT2D eigenvalue weighted by Crippen LogP contribution is -2.28. The van der Waals surface area contributed by atoms with Gasteiger partial charge in [0.25, 0.3) is 0 Å². The Morgan fingerprint density at radius 3 is 2.38 bits per heavy atom. The summed E-state index contributed by atoms with van der Waals surface area (Å²) in [5.41, 5.74) is 1.52. The number of hydrogen-bond acceptors (Lipinski definition) is 2. The molecule has 0 spiro atoms. The van der Waals surface area contributed by atoms with Gasteiger partial charge in [0.05, 0.1) is 3.57 Å². The van der Waals surface area contributed by atoms with Crippen LogP contribution in [-0.4, -0.2) is 13.9 Å². The van der Waals surface area contributed by atoms with E-state index in [1.165, 1.54) is 45.6 Å². The summed E-state index contributed by atoms with van der Waals surface area (Å²) < 4.78 is 40.1. The van der Waals surface area contributed by atoms with Crippen LogP contribution in [0.4, 0.5) is 8.78 Å². The molecule has 2 aliphatic carbocycles. The second kappa shape index (κ2) is 9.18. The highest BCUT2D eigenvalue weighted by Crippen LogP contribution is 2.44. The summed E-state index contributed by atoms with van der Waals surface area (Å²) in [5.74, 6) is 0.458. The van der Waals surface area contributed by atoms with Gasteiger partial charge in [-0.15, -0.1) is 0 Å². The molecule has 1 atom stereocenters. The Hall–Kier alpha value is -0.430. The smallest absolute Gasteiger partial charge is 0.202 e. The van der Waals surface area contributed by atoms with Crippen molar-refractivity contribution >= 4 is 22.6 Å². The van der Waals surface area contributed by atoms with Crippen molar-refractivity contribution in [2.24, 2.45) is 17.8 Å². The summed E-state index contributed by atoms with van der Waals surface area (Å²) in [6, 6.07) is 0. The summed E-state index contributed by atoms with van der Waals surface area (Å²) in [4.78, 5) is 0. The zero-order valence-electron chi connectivity index (χ0n) is 15.8. The van der Waals surface area contributed by atoms with Crippen molar-refractivity contribution in [1.82, 2.24) is 0 Å². The lowest BCUT2D eigenvalue weighted by molar-refractivity contribution is 0.0468. The highest BCUT2D eigenvalue weighted by Gasteiger charge is 2.34. The molecule has 1 unspecified atom stereocenters. The van der Waals surface area contributed by atoms with Crippen LogP contribution in [0.25, 0.3) is 0 Å². The first-order valence-corrected chi connectivity index (χ1v) is 10.9. The molecule has 0 saturated heterocycles. The molecule has 0 aromatic heterocycles. The van der Waals surface area contributed by atoms with E-state index in [4.69, 9.17) is 9.47 Å². The Bertz CT molecular complexity index is 627. The first kappa shape index (κ1) is 20.3. The van der Waals surface area contributed by atoms with E-state index < -0.39 is 11.6 Å². The highest BCUT2D eigenvalue weighted by molar-refractivity contribution is 14.1. The predicted molar refractivity (Wildman–Crippen MR) is 107 cm³/mol. The quantitative estimate of drug-likeness (QED) is 0.273. The van der Waals surface area contributed by atoms with Crippen molar-refractivity contribution in [2.45, 2.75) is 64.7 Å². The van der Waals surface area contributed by atoms with Gasteiger partial charge < -0.3 is 9.47 Å². The zero-order valence-corrected chi connectivity index (χ0v) is 17.9. The monoisotopic (exact) mass is 478 g/mol. The molecule has 2 aliphatic rings. The minimum atomic E-state index is -0.863. The van der Waals surface area contributed by atoms with Gasteiger partial charge in [0, 0.05) is 7.11 Å². The molecule has 26 heavy (non-hydrogen) atoms. The molecule has 0 N–H and O–H groups in total. The Kier molecular flexibility index (Phi) is 7.17. The second-order valence-electron chi connectivity index (χ2n) is 7.85. The molecule has 1 aromatic rings. The van der Waals surface area contributed by atoms with E-state index in [0.717, 1.165) is 24.3 Å². The van der Waals surface area contributed by atoms with Gasteiger partial charge in [0.2, 0.25) is 5.82 Å². The van der Waals surface area contributed by atoms with Gasteiger partial charge in [-0.05, 0) is 83.6 Å². The number of hydrogen-bond donors (Lipinski definition) is 0. The van der Waals surface area contributed by atoms with Crippen molar-refractivity contribution < 1.29 is 18.3 Å². The van der Waals surface area contributed by atoms with Gasteiger partial charge in [-0.3, -0.25) is 0 Å². The second-order valence-corrected chi connectivity index (χ2v) is 8.93. The Labute approximate surface area is 169 Å². The summed E-state index contributed by atoms with van der Waals surface area (Å²) >= 11 is 2.09. The van der Waals surface area contributed by atoms with Gasteiger partial charge >= 0.3 is 0 Å². The SMILES string of the molecule is CCCC1CCC(C2CCc3c(I)c(OCOC)c(F)c(F)c3C2)CC1. The maximum absolute atomic E-state index is 14.8. The maximum Gasteiger partial charge on any atom is 0.202 e. The lowest BCUT2D eigenvalue weighted by atomic mass is 9.69. The fourth-order valence-corrected chi connectivity index (χ4v) is 5.89. The number of benzene rings is 1. The van der Waals surface area contributed by atoms with E-state index in [0.29, 0.717) is 27.4 Å². The summed E-state index contributed by atoms with van der Waals surface area (Å²) in [5, 5.41) is 0. The number of rotatable bonds is 6. The molecule has 0 amide bonds. The van der Waals surface area contributed by atoms with E-state index in [-0.39, 0.29) is 12.5 Å². The molecule has 0 heterocycles. The van der Waals surface area contributed by atoms with Gasteiger partial charge in [0.15, 0.2) is 18.4 Å². The number of ether oxygens (including phenoxy) is 2. The molecular formula is C21H29F2IO2. The van der Waals surface area contributed by atoms with Crippen molar-refractivity contribution in [3.05, 3.63) is 26.3 Å². The van der Waals surface area contributed by atoms with Crippen LogP contribution >= 0.6 is 22.6 Å². The predicted octanol–water partition coefficient (Wildman–Crippen LogP) is 6.26. The molecule has 0 radical (unpaired) electrons. The van der Waals surface area contributed by atoms with Crippen LogP contribution in [0.3, 0.4) is 0 Å². The van der Waals surface area contributed by atoms with Crippen LogP contribution < -0.4 is 4.74 Å². The molecule has 146 valence electrons. The van der Waals surface area contributed by atoms with Crippen molar-refractivity contribution in [3.8, 4) is 5.75 Å². The topological polar surface area (TPSA) is 18.5 Å². The largest absolute Gasteiger partial charge is 0.463 e. The molecule has 5 heteroatoms. The fraction of sp³-hybridized carbons (Fsp3) is 0.714. The Morgan fingerprint density at radius 1 is 1.00 bits per heavy atom. The minimum Gasteiger partial charge on any atom is -0.463 e. The van der Waals surface area contributed by atoms with E-state index in [9.17, 15) is 8.78 Å². The van der Waals surface area contributed by atoms with E-state index in [2.05, 4.69) is 29.5 Å². The molecule has 0 bridgehead atoms. The first-order chi connectivity index (χ1) is 12.6. The average molecular weight is 478 g/mol. The third-order valence-corrected chi connectivity index (χ3v) is 7.43. The highest BCUT2D eigenvalue weighted by atomic mass is 127. The molecule has 1 aromatic carbocycles. The van der Waals surface area contributed by atoms with Crippen molar-refractivity contribution in [3.63, 3.8) is 0 Å². The molecule has 2 nitrogen and oxygen atoms in total. The van der Waals surface area contributed by atoms with Gasteiger partial charge in [-0.25, -0.2) is 4.39 Å². The van der Waals surface area contributed by atoms with Crippen LogP contribution in [0.1, 0.15) is 63.0 Å². The van der Waals surface area contributed by atoms with Crippen LogP contribution in [0, 0.1) is 33.0 Å². The van der Waals surface area contributed by atoms with E-state index in [1.807, 2.05) is 0 Å². The standard InChI is InChI=1S/C21H29F2IO2/c1-3-4-13-5-7-14(8-6-13)15-9-10-16-17(11-15)18(22)19(23)21(20(16)24)26-12-25-2/h13-15H,3-12H2,1-2H3. The molecular weight excluding hydrogens is 449 g/mol. The zero-order chi connectivity index (χ0) is 18.7. The first-order valence-electron chi connectivity index (χ1n) is 9.86. The number of halogens is 3. The van der Waals surface area contributed by atoms with Crippen LogP contribution in [-0.2, 0) is 17.6 Å². The Balaban J connectivity index is 1.74. The molecule has 0 aliphatic heterocycles. The number of methoxy groups -OCH3 is 1. The van der Waals surface area contributed by atoms with Gasteiger partial charge in [0.1, 0.15) is 0 Å². The molecule has 1 saturated carbocycles. The Morgan fingerprint density at radius 2 is 1.73 bits per heavy atom. The molecule has 3 rings (SSSR count). The van der Waals surface area contributed by atoms with Gasteiger partial charge in [-0.2, -0.15) is 4.39 Å². The molecule has 1 fully saturated rings. The van der Waals surface area contributed by atoms with Crippen molar-refractivity contribution in [1.29, 1.82) is 0 Å². The van der Waals surface area contributed by atoms with E-state index >= 15 is 0 Å². The normalized spacial score (nSPS) is 25.8.